The average molecular weight is 261 g/mol. The summed E-state index contributed by atoms with van der Waals surface area (Å²) in [5, 5.41) is 3.35. The Morgan fingerprint density at radius 3 is 2.79 bits per heavy atom. The molecule has 1 heterocycles. The highest BCUT2D eigenvalue weighted by Gasteiger charge is 2.28. The average Bonchev–Trinajstić information content (AvgIpc) is 2.53. The number of amides is 1. The van der Waals surface area contributed by atoms with Crippen LogP contribution in [-0.2, 0) is 4.79 Å². The van der Waals surface area contributed by atoms with Crippen molar-refractivity contribution in [1.82, 2.24) is 10.2 Å². The van der Waals surface area contributed by atoms with Gasteiger partial charge in [0.25, 0.3) is 0 Å². The molecule has 0 aromatic heterocycles. The van der Waals surface area contributed by atoms with Crippen molar-refractivity contribution in [3.8, 4) is 0 Å². The van der Waals surface area contributed by atoms with Crippen molar-refractivity contribution in [3.63, 3.8) is 0 Å². The van der Waals surface area contributed by atoms with Crippen molar-refractivity contribution in [2.75, 3.05) is 38.6 Å². The molecule has 1 fully saturated rings. The van der Waals surface area contributed by atoms with Gasteiger partial charge in [0.05, 0.1) is 0 Å². The van der Waals surface area contributed by atoms with E-state index in [1.54, 1.807) is 0 Å². The van der Waals surface area contributed by atoms with Gasteiger partial charge in [-0.2, -0.15) is 0 Å². The number of likely N-dealkylation sites (N-methyl/N-ethyl adjacent to an activating group) is 1. The monoisotopic (exact) mass is 261 g/mol. The number of benzene rings is 1. The zero-order chi connectivity index (χ0) is 13.8. The molecule has 1 atom stereocenters. The van der Waals surface area contributed by atoms with E-state index in [-0.39, 0.29) is 11.9 Å². The fourth-order valence-electron chi connectivity index (χ4n) is 2.51. The van der Waals surface area contributed by atoms with Crippen molar-refractivity contribution < 1.29 is 4.79 Å². The first-order valence-corrected chi connectivity index (χ1v) is 6.84. The lowest BCUT2D eigenvalue weighted by Gasteiger charge is -2.27. The third-order valence-corrected chi connectivity index (χ3v) is 3.47. The van der Waals surface area contributed by atoms with Gasteiger partial charge in [0, 0.05) is 18.8 Å². The Kier molecular flexibility index (Phi) is 4.56. The number of hydrogen-bond acceptors (Lipinski definition) is 3. The lowest BCUT2D eigenvalue weighted by molar-refractivity contribution is -0.120. The van der Waals surface area contributed by atoms with Gasteiger partial charge in [-0.25, -0.2) is 0 Å². The molecule has 0 radical (unpaired) electrons. The molecule has 0 aliphatic carbocycles. The van der Waals surface area contributed by atoms with Crippen LogP contribution in [0.3, 0.4) is 0 Å². The first-order chi connectivity index (χ1) is 9.09. The molecule has 104 valence electrons. The first-order valence-electron chi connectivity index (χ1n) is 6.84. The van der Waals surface area contributed by atoms with Crippen molar-refractivity contribution in [2.45, 2.75) is 19.4 Å². The molecule has 1 amide bonds. The summed E-state index contributed by atoms with van der Waals surface area (Å²) >= 11 is 0. The van der Waals surface area contributed by atoms with Gasteiger partial charge in [-0.1, -0.05) is 18.2 Å². The molecule has 1 aliphatic rings. The maximum Gasteiger partial charge on any atom is 0.245 e. The zero-order valence-corrected chi connectivity index (χ0v) is 12.0. The van der Waals surface area contributed by atoms with Crippen LogP contribution in [0.4, 0.5) is 5.69 Å². The number of aryl methyl sites for hydroxylation is 1. The number of hydrogen-bond donors (Lipinski definition) is 1. The van der Waals surface area contributed by atoms with Gasteiger partial charge in [0.15, 0.2) is 0 Å². The van der Waals surface area contributed by atoms with Crippen molar-refractivity contribution in [2.24, 2.45) is 0 Å². The van der Waals surface area contributed by atoms with Crippen LogP contribution in [0.2, 0.25) is 0 Å². The first kappa shape index (κ1) is 14.0. The van der Waals surface area contributed by atoms with Crippen molar-refractivity contribution >= 4 is 11.6 Å². The highest BCUT2D eigenvalue weighted by atomic mass is 16.2. The Balaban J connectivity index is 2.24. The highest BCUT2D eigenvalue weighted by molar-refractivity contribution is 5.98. The van der Waals surface area contributed by atoms with Gasteiger partial charge < -0.3 is 15.1 Å². The van der Waals surface area contributed by atoms with Crippen molar-refractivity contribution in [1.29, 1.82) is 0 Å². The molecule has 1 aromatic carbocycles. The number of rotatable bonds is 3. The van der Waals surface area contributed by atoms with E-state index < -0.39 is 0 Å². The summed E-state index contributed by atoms with van der Waals surface area (Å²) in [4.78, 5) is 16.7. The van der Waals surface area contributed by atoms with Gasteiger partial charge in [-0.3, -0.25) is 4.79 Å². The number of carbonyl (C=O) groups is 1. The SMILES string of the molecule is Cc1ccccc1N1CCCNC(CN(C)C)C1=O. The van der Waals surface area contributed by atoms with Crippen LogP contribution in [0, 0.1) is 6.92 Å². The second-order valence-electron chi connectivity index (χ2n) is 5.40. The lowest BCUT2D eigenvalue weighted by Crippen LogP contribution is -2.49. The molecule has 19 heavy (non-hydrogen) atoms. The lowest BCUT2D eigenvalue weighted by atomic mass is 10.1. The number of nitrogens with zero attached hydrogens (tertiary/aromatic N) is 2. The van der Waals surface area contributed by atoms with Gasteiger partial charge >= 0.3 is 0 Å². The molecule has 0 spiro atoms. The van der Waals surface area contributed by atoms with E-state index in [9.17, 15) is 4.79 Å². The Hall–Kier alpha value is -1.39. The molecule has 0 saturated carbocycles. The van der Waals surface area contributed by atoms with Gasteiger partial charge in [0.1, 0.15) is 6.04 Å². The molecular formula is C15H23N3O. The third-order valence-electron chi connectivity index (χ3n) is 3.47. The van der Waals surface area contributed by atoms with Crippen LogP contribution in [0.1, 0.15) is 12.0 Å². The molecular weight excluding hydrogens is 238 g/mol. The molecule has 4 heteroatoms. The summed E-state index contributed by atoms with van der Waals surface area (Å²) in [7, 11) is 4.00. The van der Waals surface area contributed by atoms with E-state index >= 15 is 0 Å². The molecule has 1 N–H and O–H groups in total. The Labute approximate surface area is 115 Å². The summed E-state index contributed by atoms with van der Waals surface area (Å²) in [6, 6.07) is 7.98. The highest BCUT2D eigenvalue weighted by Crippen LogP contribution is 2.21. The van der Waals surface area contributed by atoms with E-state index in [0.29, 0.717) is 0 Å². The van der Waals surface area contributed by atoms with E-state index in [2.05, 4.69) is 23.2 Å². The molecule has 1 aliphatic heterocycles. The predicted octanol–water partition coefficient (Wildman–Crippen LogP) is 1.25. The minimum Gasteiger partial charge on any atom is -0.311 e. The van der Waals surface area contributed by atoms with Gasteiger partial charge in [0.2, 0.25) is 5.91 Å². The van der Waals surface area contributed by atoms with E-state index in [0.717, 1.165) is 37.3 Å². The fraction of sp³-hybridized carbons (Fsp3) is 0.533. The Morgan fingerprint density at radius 2 is 2.11 bits per heavy atom. The number of anilines is 1. The summed E-state index contributed by atoms with van der Waals surface area (Å²) in [5.74, 6) is 0.181. The van der Waals surface area contributed by atoms with Crippen LogP contribution in [-0.4, -0.2) is 50.6 Å². The van der Waals surface area contributed by atoms with Crippen LogP contribution < -0.4 is 10.2 Å². The number of carbonyl (C=O) groups excluding carboxylic acids is 1. The van der Waals surface area contributed by atoms with Crippen LogP contribution in [0.25, 0.3) is 0 Å². The summed E-state index contributed by atoms with van der Waals surface area (Å²) in [6.07, 6.45) is 0.990. The van der Waals surface area contributed by atoms with Crippen LogP contribution in [0.5, 0.6) is 0 Å². The molecule has 1 saturated heterocycles. The van der Waals surface area contributed by atoms with Gasteiger partial charge in [-0.15, -0.1) is 0 Å². The van der Waals surface area contributed by atoms with E-state index in [1.807, 2.05) is 37.2 Å². The Bertz CT molecular complexity index is 445. The molecule has 1 unspecified atom stereocenters. The second-order valence-corrected chi connectivity index (χ2v) is 5.40. The maximum atomic E-state index is 12.7. The minimum atomic E-state index is -0.114. The predicted molar refractivity (Wildman–Crippen MR) is 78.5 cm³/mol. The minimum absolute atomic E-state index is 0.114. The molecule has 4 nitrogen and oxygen atoms in total. The zero-order valence-electron chi connectivity index (χ0n) is 12.0. The Morgan fingerprint density at radius 1 is 1.37 bits per heavy atom. The normalized spacial score (nSPS) is 20.7. The van der Waals surface area contributed by atoms with E-state index in [1.165, 1.54) is 0 Å². The standard InChI is InChI=1S/C15H23N3O/c1-12-7-4-5-8-14(12)18-10-6-9-16-13(15(18)19)11-17(2)3/h4-5,7-8,13,16H,6,9-11H2,1-3H3. The van der Waals surface area contributed by atoms with Gasteiger partial charge in [-0.05, 0) is 45.6 Å². The summed E-state index contributed by atoms with van der Waals surface area (Å²) < 4.78 is 0. The largest absolute Gasteiger partial charge is 0.311 e. The van der Waals surface area contributed by atoms with Crippen LogP contribution >= 0.6 is 0 Å². The molecule has 0 bridgehead atoms. The van der Waals surface area contributed by atoms with E-state index in [4.69, 9.17) is 0 Å². The topological polar surface area (TPSA) is 35.6 Å². The second kappa shape index (κ2) is 6.17. The fourth-order valence-corrected chi connectivity index (χ4v) is 2.51. The maximum absolute atomic E-state index is 12.7. The number of nitrogens with one attached hydrogen (secondary N) is 1. The smallest absolute Gasteiger partial charge is 0.245 e. The summed E-state index contributed by atoms with van der Waals surface area (Å²) in [6.45, 7) is 4.48. The van der Waals surface area contributed by atoms with Crippen molar-refractivity contribution in [3.05, 3.63) is 29.8 Å². The number of para-hydroxylation sites is 1. The molecule has 1 aromatic rings. The van der Waals surface area contributed by atoms with Crippen LogP contribution in [0.15, 0.2) is 24.3 Å². The summed E-state index contributed by atoms with van der Waals surface area (Å²) in [5.41, 5.74) is 2.20. The third kappa shape index (κ3) is 3.33. The quantitative estimate of drug-likeness (QED) is 0.889. The molecule has 2 rings (SSSR count).